The number of hydrogen-bond acceptors (Lipinski definition) is 3. The number of hydrogen-bond donors (Lipinski definition) is 0. The lowest BCUT2D eigenvalue weighted by Crippen LogP contribution is -2.61. The molecule has 3 nitrogen and oxygen atoms in total. The largest absolute Gasteiger partial charge is 0.353 e. The van der Waals surface area contributed by atoms with Crippen molar-refractivity contribution in [2.45, 2.75) is 38.1 Å². The van der Waals surface area contributed by atoms with Crippen LogP contribution in [0, 0.1) is 0 Å². The minimum Gasteiger partial charge on any atom is -0.353 e. The molecule has 0 N–H and O–H groups in total. The molecule has 4 rings (SSSR count). The molecule has 0 amide bonds. The van der Waals surface area contributed by atoms with Crippen molar-refractivity contribution < 1.29 is 4.79 Å². The molecule has 1 fully saturated rings. The van der Waals surface area contributed by atoms with Crippen molar-refractivity contribution in [3.05, 3.63) is 63.6 Å². The zero-order valence-electron chi connectivity index (χ0n) is 16.4. The van der Waals surface area contributed by atoms with Gasteiger partial charge in [0.05, 0.1) is 10.0 Å². The Kier molecular flexibility index (Phi) is 5.43. The fourth-order valence-electron chi connectivity index (χ4n) is 4.88. The van der Waals surface area contributed by atoms with E-state index in [1.165, 1.54) is 18.4 Å². The lowest BCUT2D eigenvalue weighted by Gasteiger charge is -2.51. The number of carbonyl (C=O) groups excluding carboxylic acids is 1. The predicted octanol–water partition coefficient (Wildman–Crippen LogP) is 5.50. The molecule has 0 aromatic heterocycles. The van der Waals surface area contributed by atoms with Crippen LogP contribution in [-0.4, -0.2) is 36.9 Å². The molecule has 148 valence electrons. The summed E-state index contributed by atoms with van der Waals surface area (Å²) < 4.78 is 0. The Morgan fingerprint density at radius 1 is 1.11 bits per heavy atom. The second kappa shape index (κ2) is 7.70. The fraction of sp³-hybridized carbons (Fsp3) is 0.435. The van der Waals surface area contributed by atoms with Crippen LogP contribution in [0.2, 0.25) is 10.0 Å². The Labute approximate surface area is 177 Å². The van der Waals surface area contributed by atoms with E-state index in [1.54, 1.807) is 6.92 Å². The average molecular weight is 417 g/mol. The van der Waals surface area contributed by atoms with Crippen LogP contribution < -0.4 is 4.90 Å². The van der Waals surface area contributed by atoms with Crippen LogP contribution in [0.5, 0.6) is 0 Å². The summed E-state index contributed by atoms with van der Waals surface area (Å²) in [7, 11) is 0. The molecule has 0 spiro atoms. The number of ketones is 1. The van der Waals surface area contributed by atoms with E-state index in [1.807, 2.05) is 24.3 Å². The van der Waals surface area contributed by atoms with E-state index in [9.17, 15) is 4.79 Å². The minimum absolute atomic E-state index is 0.171. The molecule has 5 heteroatoms. The highest BCUT2D eigenvalue weighted by molar-refractivity contribution is 6.42. The van der Waals surface area contributed by atoms with Gasteiger partial charge in [-0.1, -0.05) is 54.4 Å². The number of likely N-dealkylation sites (tertiary alicyclic amines) is 1. The van der Waals surface area contributed by atoms with E-state index in [-0.39, 0.29) is 5.78 Å². The third-order valence-electron chi connectivity index (χ3n) is 6.30. The van der Waals surface area contributed by atoms with E-state index in [0.29, 0.717) is 22.5 Å². The Bertz CT molecular complexity index is 894. The van der Waals surface area contributed by atoms with Crippen molar-refractivity contribution in [3.8, 4) is 0 Å². The summed E-state index contributed by atoms with van der Waals surface area (Å²) >= 11 is 12.5. The Morgan fingerprint density at radius 3 is 2.50 bits per heavy atom. The molecule has 0 radical (unpaired) electrons. The first-order chi connectivity index (χ1) is 13.4. The second-order valence-corrected chi connectivity index (χ2v) is 8.91. The number of fused-ring (bicyclic) bond motifs is 1. The number of Topliss-reactive ketones (excluding diaryl/α,β-unsaturated/α-hetero) is 1. The second-order valence-electron chi connectivity index (χ2n) is 8.10. The highest BCUT2D eigenvalue weighted by Gasteiger charge is 2.49. The highest BCUT2D eigenvalue weighted by Crippen LogP contribution is 2.45. The van der Waals surface area contributed by atoms with Crippen LogP contribution >= 0.6 is 23.2 Å². The maximum absolute atomic E-state index is 13.4. The molecule has 2 atom stereocenters. The van der Waals surface area contributed by atoms with Crippen LogP contribution in [0.3, 0.4) is 0 Å². The normalized spacial score (nSPS) is 25.0. The zero-order chi connectivity index (χ0) is 19.9. The maximum Gasteiger partial charge on any atom is 0.161 e. The van der Waals surface area contributed by atoms with Crippen molar-refractivity contribution in [1.29, 1.82) is 0 Å². The molecule has 0 saturated carbocycles. The molecule has 2 unspecified atom stereocenters. The lowest BCUT2D eigenvalue weighted by atomic mass is 9.74. The van der Waals surface area contributed by atoms with Crippen molar-refractivity contribution in [2.75, 3.05) is 31.1 Å². The lowest BCUT2D eigenvalue weighted by molar-refractivity contribution is -0.123. The summed E-state index contributed by atoms with van der Waals surface area (Å²) in [6.07, 6.45) is 2.39. The van der Waals surface area contributed by atoms with Gasteiger partial charge in [0, 0.05) is 18.8 Å². The highest BCUT2D eigenvalue weighted by atomic mass is 35.5. The molecule has 2 aliphatic heterocycles. The van der Waals surface area contributed by atoms with E-state index >= 15 is 0 Å². The van der Waals surface area contributed by atoms with Crippen LogP contribution in [0.1, 0.15) is 43.7 Å². The number of halogens is 2. The van der Waals surface area contributed by atoms with Gasteiger partial charge >= 0.3 is 0 Å². The third kappa shape index (κ3) is 3.24. The van der Waals surface area contributed by atoms with Gasteiger partial charge in [0.15, 0.2) is 5.78 Å². The number of carbonyl (C=O) groups is 1. The fourth-order valence-corrected chi connectivity index (χ4v) is 5.17. The van der Waals surface area contributed by atoms with Crippen LogP contribution in [-0.2, 0) is 10.3 Å². The smallest absolute Gasteiger partial charge is 0.161 e. The van der Waals surface area contributed by atoms with Crippen LogP contribution in [0.4, 0.5) is 5.69 Å². The van der Waals surface area contributed by atoms with Gasteiger partial charge < -0.3 is 9.80 Å². The molecule has 1 saturated heterocycles. The van der Waals surface area contributed by atoms with Gasteiger partial charge in [-0.15, -0.1) is 0 Å². The summed E-state index contributed by atoms with van der Waals surface area (Å²) in [4.78, 5) is 18.1. The van der Waals surface area contributed by atoms with E-state index < -0.39 is 5.54 Å². The Morgan fingerprint density at radius 2 is 1.82 bits per heavy atom. The van der Waals surface area contributed by atoms with E-state index in [0.717, 1.165) is 30.9 Å². The van der Waals surface area contributed by atoms with Gasteiger partial charge in [0.2, 0.25) is 0 Å². The minimum atomic E-state index is -0.718. The van der Waals surface area contributed by atoms with Crippen LogP contribution in [0.25, 0.3) is 0 Å². The molecule has 2 aromatic carbocycles. The molecule has 0 bridgehead atoms. The van der Waals surface area contributed by atoms with Gasteiger partial charge in [0.1, 0.15) is 5.54 Å². The molecule has 0 aliphatic carbocycles. The van der Waals surface area contributed by atoms with Crippen LogP contribution in [0.15, 0.2) is 42.5 Å². The number of benzene rings is 2. The van der Waals surface area contributed by atoms with Gasteiger partial charge in [-0.05, 0) is 68.1 Å². The van der Waals surface area contributed by atoms with Gasteiger partial charge in [-0.2, -0.15) is 0 Å². The van der Waals surface area contributed by atoms with Gasteiger partial charge in [0.25, 0.3) is 0 Å². The van der Waals surface area contributed by atoms with Crippen molar-refractivity contribution >= 4 is 34.7 Å². The quantitative estimate of drug-likeness (QED) is 0.657. The molecular weight excluding hydrogens is 391 g/mol. The van der Waals surface area contributed by atoms with Crippen molar-refractivity contribution in [3.63, 3.8) is 0 Å². The average Bonchev–Trinajstić information content (AvgIpc) is 3.19. The Hall–Kier alpha value is -1.55. The maximum atomic E-state index is 13.4. The van der Waals surface area contributed by atoms with Gasteiger partial charge in [-0.3, -0.25) is 4.79 Å². The summed E-state index contributed by atoms with van der Waals surface area (Å²) in [6.45, 7) is 7.51. The molecule has 2 heterocycles. The zero-order valence-corrected chi connectivity index (χ0v) is 17.9. The van der Waals surface area contributed by atoms with E-state index in [4.69, 9.17) is 23.2 Å². The molecule has 2 aromatic rings. The molecule has 28 heavy (non-hydrogen) atoms. The first-order valence-electron chi connectivity index (χ1n) is 9.99. The topological polar surface area (TPSA) is 23.6 Å². The summed E-state index contributed by atoms with van der Waals surface area (Å²) in [6, 6.07) is 14.1. The summed E-state index contributed by atoms with van der Waals surface area (Å²) in [5.74, 6) is 0.488. The predicted molar refractivity (Wildman–Crippen MR) is 117 cm³/mol. The summed E-state index contributed by atoms with van der Waals surface area (Å²) in [5, 5.41) is 1.05. The third-order valence-corrected chi connectivity index (χ3v) is 7.04. The number of rotatable bonds is 4. The summed E-state index contributed by atoms with van der Waals surface area (Å²) in [5.41, 5.74) is 2.63. The van der Waals surface area contributed by atoms with Crippen molar-refractivity contribution in [1.82, 2.24) is 4.90 Å². The molecule has 2 aliphatic rings. The number of anilines is 1. The van der Waals surface area contributed by atoms with Gasteiger partial charge in [-0.25, -0.2) is 0 Å². The Balaban J connectivity index is 1.91. The number of nitrogens with zero attached hydrogens (tertiary/aromatic N) is 2. The molecular formula is C23H26Cl2N2O. The van der Waals surface area contributed by atoms with E-state index in [2.05, 4.69) is 34.9 Å². The first-order valence-corrected chi connectivity index (χ1v) is 10.7. The SMILES string of the molecule is CC(=O)C1(CN2CCCC2)c2ccccc2C(C)CN1c1ccc(Cl)c(Cl)c1. The monoisotopic (exact) mass is 416 g/mol. The first kappa shape index (κ1) is 19.8. The van der Waals surface area contributed by atoms with Crippen molar-refractivity contribution in [2.24, 2.45) is 0 Å². The standard InChI is InChI=1S/C23H26Cl2N2O/c1-16-14-27(18-9-10-21(24)22(25)13-18)23(17(2)28,15-26-11-5-6-12-26)20-8-4-3-7-19(16)20/h3-4,7-10,13,16H,5-6,11-12,14-15H2,1-2H3.